The highest BCUT2D eigenvalue weighted by Crippen LogP contribution is 2.61. The SMILES string of the molecule is C=C(C)C(=O)Oc1c2c(c(OC(=O)C(=C)C)c3cc(Cl)ccc13)C1CCC2C1. The summed E-state index contributed by atoms with van der Waals surface area (Å²) in [5, 5.41) is 1.88. The predicted molar refractivity (Wildman–Crippen MR) is 109 cm³/mol. The first-order valence-corrected chi connectivity index (χ1v) is 9.70. The molecule has 2 aliphatic rings. The first kappa shape index (κ1) is 18.8. The molecule has 5 heteroatoms. The molecule has 2 aliphatic carbocycles. The Labute approximate surface area is 168 Å². The van der Waals surface area contributed by atoms with Crippen LogP contribution in [0.2, 0.25) is 5.02 Å². The van der Waals surface area contributed by atoms with E-state index in [1.165, 1.54) is 0 Å². The molecular weight excluding hydrogens is 376 g/mol. The first-order chi connectivity index (χ1) is 13.3. The highest BCUT2D eigenvalue weighted by atomic mass is 35.5. The van der Waals surface area contributed by atoms with Crippen molar-refractivity contribution in [2.45, 2.75) is 44.9 Å². The maximum atomic E-state index is 12.3. The lowest BCUT2D eigenvalue weighted by Gasteiger charge is -2.24. The van der Waals surface area contributed by atoms with Gasteiger partial charge in [0.1, 0.15) is 11.5 Å². The molecule has 1 saturated carbocycles. The molecule has 144 valence electrons. The molecule has 0 saturated heterocycles. The van der Waals surface area contributed by atoms with Crippen LogP contribution in [0.1, 0.15) is 56.1 Å². The minimum atomic E-state index is -0.474. The van der Waals surface area contributed by atoms with Crippen LogP contribution >= 0.6 is 11.6 Å². The maximum Gasteiger partial charge on any atom is 0.338 e. The summed E-state index contributed by atoms with van der Waals surface area (Å²) in [6.45, 7) is 10.6. The Morgan fingerprint density at radius 3 is 1.93 bits per heavy atom. The third-order valence-electron chi connectivity index (χ3n) is 5.59. The van der Waals surface area contributed by atoms with E-state index >= 15 is 0 Å². The summed E-state index contributed by atoms with van der Waals surface area (Å²) >= 11 is 6.25. The van der Waals surface area contributed by atoms with Gasteiger partial charge >= 0.3 is 11.9 Å². The highest BCUT2D eigenvalue weighted by molar-refractivity contribution is 6.31. The summed E-state index contributed by atoms with van der Waals surface area (Å²) in [7, 11) is 0. The van der Waals surface area contributed by atoms with Crippen molar-refractivity contribution in [3.8, 4) is 11.5 Å². The summed E-state index contributed by atoms with van der Waals surface area (Å²) in [5.74, 6) is 0.680. The molecule has 2 bridgehead atoms. The molecule has 28 heavy (non-hydrogen) atoms. The van der Waals surface area contributed by atoms with Crippen LogP contribution in [0.3, 0.4) is 0 Å². The number of hydrogen-bond acceptors (Lipinski definition) is 4. The van der Waals surface area contributed by atoms with Crippen molar-refractivity contribution in [2.24, 2.45) is 0 Å². The fraction of sp³-hybridized carbons (Fsp3) is 0.304. The fourth-order valence-corrected chi connectivity index (χ4v) is 4.51. The lowest BCUT2D eigenvalue weighted by atomic mass is 9.87. The monoisotopic (exact) mass is 396 g/mol. The van der Waals surface area contributed by atoms with Crippen molar-refractivity contribution < 1.29 is 19.1 Å². The topological polar surface area (TPSA) is 52.6 Å². The molecule has 4 nitrogen and oxygen atoms in total. The second kappa shape index (κ2) is 6.78. The molecule has 0 radical (unpaired) electrons. The normalized spacial score (nSPS) is 19.4. The number of esters is 2. The van der Waals surface area contributed by atoms with E-state index < -0.39 is 11.9 Å². The van der Waals surface area contributed by atoms with Gasteiger partial charge < -0.3 is 9.47 Å². The molecule has 0 amide bonds. The highest BCUT2D eigenvalue weighted by Gasteiger charge is 2.43. The molecule has 0 spiro atoms. The van der Waals surface area contributed by atoms with Crippen molar-refractivity contribution in [1.29, 1.82) is 0 Å². The lowest BCUT2D eigenvalue weighted by Crippen LogP contribution is -2.15. The molecule has 2 aromatic carbocycles. The van der Waals surface area contributed by atoms with Gasteiger partial charge in [-0.05, 0) is 63.1 Å². The minimum absolute atomic E-state index is 0.276. The Balaban J connectivity index is 2.02. The first-order valence-electron chi connectivity index (χ1n) is 9.32. The van der Waals surface area contributed by atoms with Crippen LogP contribution in [0.4, 0.5) is 0 Å². The zero-order valence-electron chi connectivity index (χ0n) is 15.9. The number of rotatable bonds is 4. The van der Waals surface area contributed by atoms with Crippen molar-refractivity contribution in [3.05, 3.63) is 58.7 Å². The third-order valence-corrected chi connectivity index (χ3v) is 5.82. The van der Waals surface area contributed by atoms with Crippen LogP contribution in [-0.2, 0) is 9.59 Å². The molecule has 0 heterocycles. The molecule has 2 aromatic rings. The van der Waals surface area contributed by atoms with Gasteiger partial charge in [0, 0.05) is 38.1 Å². The van der Waals surface area contributed by atoms with Crippen molar-refractivity contribution in [3.63, 3.8) is 0 Å². The number of benzene rings is 2. The predicted octanol–water partition coefficient (Wildman–Crippen LogP) is 5.82. The Kier molecular flexibility index (Phi) is 4.54. The van der Waals surface area contributed by atoms with E-state index in [9.17, 15) is 9.59 Å². The van der Waals surface area contributed by atoms with Gasteiger partial charge in [-0.15, -0.1) is 0 Å². The van der Waals surface area contributed by atoms with Crippen LogP contribution in [0.25, 0.3) is 10.8 Å². The lowest BCUT2D eigenvalue weighted by molar-refractivity contribution is -0.131. The van der Waals surface area contributed by atoms with E-state index in [2.05, 4.69) is 13.2 Å². The summed E-state index contributed by atoms with van der Waals surface area (Å²) in [6.07, 6.45) is 3.02. The molecule has 2 unspecified atom stereocenters. The number of hydrogen-bond donors (Lipinski definition) is 0. The van der Waals surface area contributed by atoms with Gasteiger partial charge in [-0.2, -0.15) is 0 Å². The summed E-state index contributed by atoms with van der Waals surface area (Å²) in [6, 6.07) is 5.30. The quantitative estimate of drug-likeness (QED) is 0.371. The Bertz CT molecular complexity index is 1070. The number of ether oxygens (including phenoxy) is 2. The van der Waals surface area contributed by atoms with Gasteiger partial charge in [0.15, 0.2) is 0 Å². The number of carbonyl (C=O) groups is 2. The zero-order chi connectivity index (χ0) is 20.2. The second-order valence-electron chi connectivity index (χ2n) is 7.72. The van der Waals surface area contributed by atoms with E-state index in [0.29, 0.717) is 38.4 Å². The molecule has 4 rings (SSSR count). The van der Waals surface area contributed by atoms with E-state index in [1.54, 1.807) is 26.0 Å². The van der Waals surface area contributed by atoms with Gasteiger partial charge in [-0.25, -0.2) is 9.59 Å². The Morgan fingerprint density at radius 1 is 0.929 bits per heavy atom. The van der Waals surface area contributed by atoms with Gasteiger partial charge in [0.05, 0.1) is 0 Å². The van der Waals surface area contributed by atoms with Gasteiger partial charge in [-0.3, -0.25) is 0 Å². The molecule has 1 fully saturated rings. The van der Waals surface area contributed by atoms with Gasteiger partial charge in [-0.1, -0.05) is 24.8 Å². The summed E-state index contributed by atoms with van der Waals surface area (Å²) < 4.78 is 11.6. The minimum Gasteiger partial charge on any atom is -0.422 e. The van der Waals surface area contributed by atoms with E-state index in [0.717, 1.165) is 30.4 Å². The van der Waals surface area contributed by atoms with Gasteiger partial charge in [0.25, 0.3) is 0 Å². The van der Waals surface area contributed by atoms with E-state index in [4.69, 9.17) is 21.1 Å². The van der Waals surface area contributed by atoms with E-state index in [-0.39, 0.29) is 11.8 Å². The maximum absolute atomic E-state index is 12.3. The summed E-state index contributed by atoms with van der Waals surface area (Å²) in [5.41, 5.74) is 2.59. The number of carbonyl (C=O) groups excluding carboxylic acids is 2. The Hall–Kier alpha value is -2.59. The standard InChI is InChI=1S/C23H21ClO4/c1-11(2)22(25)27-20-16-8-7-15(24)10-17(16)21(28-23(26)12(3)4)19-14-6-5-13(9-14)18(19)20/h7-8,10,13-14H,1,3,5-6,9H2,2,4H3. The number of fused-ring (bicyclic) bond motifs is 6. The molecule has 0 aliphatic heterocycles. The largest absolute Gasteiger partial charge is 0.422 e. The van der Waals surface area contributed by atoms with Crippen LogP contribution in [0.15, 0.2) is 42.5 Å². The van der Waals surface area contributed by atoms with Crippen LogP contribution in [-0.4, -0.2) is 11.9 Å². The zero-order valence-corrected chi connectivity index (χ0v) is 16.7. The molecule has 0 aromatic heterocycles. The van der Waals surface area contributed by atoms with Crippen molar-refractivity contribution in [2.75, 3.05) is 0 Å². The van der Waals surface area contributed by atoms with E-state index in [1.807, 2.05) is 6.07 Å². The molecule has 2 atom stereocenters. The third kappa shape index (κ3) is 2.92. The molecular formula is C23H21ClO4. The average Bonchev–Trinajstić information content (AvgIpc) is 3.25. The molecule has 0 N–H and O–H groups in total. The Morgan fingerprint density at radius 2 is 1.43 bits per heavy atom. The van der Waals surface area contributed by atoms with Crippen LogP contribution in [0, 0.1) is 0 Å². The second-order valence-corrected chi connectivity index (χ2v) is 8.16. The smallest absolute Gasteiger partial charge is 0.338 e. The van der Waals surface area contributed by atoms with Crippen LogP contribution in [0.5, 0.6) is 11.5 Å². The summed E-state index contributed by atoms with van der Waals surface area (Å²) in [4.78, 5) is 24.7. The van der Waals surface area contributed by atoms with Crippen LogP contribution < -0.4 is 9.47 Å². The average molecular weight is 397 g/mol. The van der Waals surface area contributed by atoms with Crippen molar-refractivity contribution >= 4 is 34.3 Å². The number of halogens is 1. The van der Waals surface area contributed by atoms with Crippen molar-refractivity contribution in [1.82, 2.24) is 0 Å². The fourth-order valence-electron chi connectivity index (χ4n) is 4.33. The van der Waals surface area contributed by atoms with Gasteiger partial charge in [0.2, 0.25) is 0 Å².